The molecule has 2 aliphatic rings. The zero-order chi connectivity index (χ0) is 20.4. The van der Waals surface area contributed by atoms with Gasteiger partial charge in [0, 0.05) is 35.6 Å². The molecule has 1 amide bonds. The lowest BCUT2D eigenvalue weighted by atomic mass is 9.76. The van der Waals surface area contributed by atoms with Crippen LogP contribution in [-0.4, -0.2) is 18.3 Å². The molecule has 0 saturated carbocycles. The Hall–Kier alpha value is -3.39. The minimum Gasteiger partial charge on any atom is -0.494 e. The summed E-state index contributed by atoms with van der Waals surface area (Å²) < 4.78 is 5.79. The maximum absolute atomic E-state index is 13.3. The van der Waals surface area contributed by atoms with Gasteiger partial charge in [-0.05, 0) is 38.0 Å². The van der Waals surface area contributed by atoms with E-state index >= 15 is 0 Å². The summed E-state index contributed by atoms with van der Waals surface area (Å²) in [5, 5.41) is 9.52. The second kappa shape index (κ2) is 7.92. The minimum absolute atomic E-state index is 0.0782. The number of benzene rings is 2. The molecule has 0 aromatic heterocycles. The number of nitrogens with zero attached hydrogens (tertiary/aromatic N) is 2. The van der Waals surface area contributed by atoms with E-state index in [4.69, 9.17) is 4.74 Å². The SMILES string of the molecule is CCOc1ccccc1C1CC(=O)N(c2ccccc2C#N)C2=C1C(=O)CCC2. The van der Waals surface area contributed by atoms with Crippen LogP contribution < -0.4 is 9.64 Å². The fourth-order valence-electron chi connectivity index (χ4n) is 4.36. The summed E-state index contributed by atoms with van der Waals surface area (Å²) >= 11 is 0. The molecule has 1 heterocycles. The molecule has 2 aromatic rings. The number of hydrogen-bond donors (Lipinski definition) is 0. The van der Waals surface area contributed by atoms with Crippen molar-refractivity contribution in [2.75, 3.05) is 11.5 Å². The summed E-state index contributed by atoms with van der Waals surface area (Å²) in [4.78, 5) is 27.9. The molecule has 0 saturated heterocycles. The number of Topliss-reactive ketones (excluding diaryl/α,β-unsaturated/α-hetero) is 1. The monoisotopic (exact) mass is 386 g/mol. The summed E-state index contributed by atoms with van der Waals surface area (Å²) in [6.45, 7) is 2.43. The van der Waals surface area contributed by atoms with Crippen molar-refractivity contribution in [2.24, 2.45) is 0 Å². The molecule has 4 rings (SSSR count). The predicted octanol–water partition coefficient (Wildman–Crippen LogP) is 4.48. The number of allylic oxidation sites excluding steroid dienone is 2. The van der Waals surface area contributed by atoms with Gasteiger partial charge in [-0.3, -0.25) is 14.5 Å². The van der Waals surface area contributed by atoms with Crippen LogP contribution in [0.3, 0.4) is 0 Å². The van der Waals surface area contributed by atoms with Gasteiger partial charge >= 0.3 is 0 Å². The van der Waals surface area contributed by atoms with Gasteiger partial charge in [0.1, 0.15) is 11.8 Å². The first-order chi connectivity index (χ1) is 14.2. The van der Waals surface area contributed by atoms with Crippen LogP contribution in [-0.2, 0) is 9.59 Å². The Balaban J connectivity index is 1.90. The summed E-state index contributed by atoms with van der Waals surface area (Å²) in [6, 6.07) is 16.9. The van der Waals surface area contributed by atoms with Crippen molar-refractivity contribution in [3.05, 3.63) is 70.9 Å². The van der Waals surface area contributed by atoms with E-state index in [1.165, 1.54) is 0 Å². The highest BCUT2D eigenvalue weighted by molar-refractivity contribution is 6.08. The van der Waals surface area contributed by atoms with Crippen LogP contribution in [0.2, 0.25) is 0 Å². The number of amides is 1. The van der Waals surface area contributed by atoms with Gasteiger partial charge in [-0.25, -0.2) is 0 Å². The van der Waals surface area contributed by atoms with E-state index in [0.29, 0.717) is 48.4 Å². The molecule has 0 fully saturated rings. The number of carbonyl (C=O) groups excluding carboxylic acids is 2. The fraction of sp³-hybridized carbons (Fsp3) is 0.292. The number of anilines is 1. The highest BCUT2D eigenvalue weighted by Crippen LogP contribution is 2.45. The number of rotatable bonds is 4. The average molecular weight is 386 g/mol. The zero-order valence-corrected chi connectivity index (χ0v) is 16.4. The first-order valence-electron chi connectivity index (χ1n) is 9.95. The van der Waals surface area contributed by atoms with Gasteiger partial charge in [0.15, 0.2) is 5.78 Å². The molecule has 1 aliphatic heterocycles. The lowest BCUT2D eigenvalue weighted by molar-refractivity contribution is -0.119. The maximum atomic E-state index is 13.3. The van der Waals surface area contributed by atoms with Gasteiger partial charge in [0.05, 0.1) is 17.9 Å². The number of carbonyl (C=O) groups is 2. The number of nitriles is 1. The van der Waals surface area contributed by atoms with E-state index in [1.807, 2.05) is 37.3 Å². The smallest absolute Gasteiger partial charge is 0.232 e. The highest BCUT2D eigenvalue weighted by Gasteiger charge is 2.41. The van der Waals surface area contributed by atoms with Gasteiger partial charge in [0.2, 0.25) is 5.91 Å². The molecule has 1 unspecified atom stereocenters. The second-order valence-electron chi connectivity index (χ2n) is 7.22. The quantitative estimate of drug-likeness (QED) is 0.776. The maximum Gasteiger partial charge on any atom is 0.232 e. The van der Waals surface area contributed by atoms with Gasteiger partial charge in [-0.15, -0.1) is 0 Å². The van der Waals surface area contributed by atoms with Gasteiger partial charge < -0.3 is 4.74 Å². The molecule has 2 aromatic carbocycles. The summed E-state index contributed by atoms with van der Waals surface area (Å²) in [7, 11) is 0. The van der Waals surface area contributed by atoms with Crippen LogP contribution in [0, 0.1) is 11.3 Å². The summed E-state index contributed by atoms with van der Waals surface area (Å²) in [6.07, 6.45) is 2.00. The fourth-order valence-corrected chi connectivity index (χ4v) is 4.36. The van der Waals surface area contributed by atoms with Crippen molar-refractivity contribution in [3.8, 4) is 11.8 Å². The van der Waals surface area contributed by atoms with Crippen LogP contribution in [0.25, 0.3) is 0 Å². The van der Waals surface area contributed by atoms with Crippen molar-refractivity contribution in [3.63, 3.8) is 0 Å². The lowest BCUT2D eigenvalue weighted by Gasteiger charge is -2.38. The Morgan fingerprint density at radius 3 is 2.66 bits per heavy atom. The van der Waals surface area contributed by atoms with E-state index in [9.17, 15) is 14.9 Å². The van der Waals surface area contributed by atoms with Gasteiger partial charge in [-0.2, -0.15) is 5.26 Å². The molecule has 0 radical (unpaired) electrons. The average Bonchev–Trinajstić information content (AvgIpc) is 2.74. The van der Waals surface area contributed by atoms with Gasteiger partial charge in [-0.1, -0.05) is 30.3 Å². The third kappa shape index (κ3) is 3.31. The van der Waals surface area contributed by atoms with Crippen LogP contribution in [0.15, 0.2) is 59.8 Å². The van der Waals surface area contributed by atoms with Gasteiger partial charge in [0.25, 0.3) is 0 Å². The van der Waals surface area contributed by atoms with Crippen LogP contribution in [0.5, 0.6) is 5.75 Å². The van der Waals surface area contributed by atoms with Crippen molar-refractivity contribution < 1.29 is 14.3 Å². The first-order valence-corrected chi connectivity index (χ1v) is 9.95. The standard InChI is InChI=1S/C24H22N2O3/c1-2-29-22-13-6-4-9-17(22)18-14-23(28)26(19-10-5-3-8-16(19)15-25)20-11-7-12-21(27)24(18)20/h3-6,8-10,13,18H,2,7,11-12,14H2,1H3. The first kappa shape index (κ1) is 18.9. The highest BCUT2D eigenvalue weighted by atomic mass is 16.5. The van der Waals surface area contributed by atoms with E-state index in [2.05, 4.69) is 6.07 Å². The third-order valence-electron chi connectivity index (χ3n) is 5.53. The number of hydrogen-bond acceptors (Lipinski definition) is 4. The largest absolute Gasteiger partial charge is 0.494 e. The zero-order valence-electron chi connectivity index (χ0n) is 16.4. The Labute approximate surface area is 170 Å². The number of ketones is 1. The topological polar surface area (TPSA) is 70.4 Å². The van der Waals surface area contributed by atoms with Crippen LogP contribution in [0.1, 0.15) is 49.7 Å². The molecule has 0 spiro atoms. The Morgan fingerprint density at radius 2 is 1.86 bits per heavy atom. The minimum atomic E-state index is -0.321. The van der Waals surface area contributed by atoms with Crippen molar-refractivity contribution in [1.82, 2.24) is 0 Å². The molecule has 5 heteroatoms. The molecule has 5 nitrogen and oxygen atoms in total. The summed E-state index contributed by atoms with van der Waals surface area (Å²) in [5.74, 6) is 0.370. The molecule has 29 heavy (non-hydrogen) atoms. The van der Waals surface area contributed by atoms with E-state index in [0.717, 1.165) is 11.3 Å². The molecule has 0 bridgehead atoms. The van der Waals surface area contributed by atoms with Crippen LogP contribution >= 0.6 is 0 Å². The Bertz CT molecular complexity index is 1050. The molecule has 0 N–H and O–H groups in total. The van der Waals surface area contributed by atoms with Crippen LogP contribution in [0.4, 0.5) is 5.69 Å². The van der Waals surface area contributed by atoms with Crippen molar-refractivity contribution >= 4 is 17.4 Å². The van der Waals surface area contributed by atoms with E-state index in [-0.39, 0.29) is 24.0 Å². The predicted molar refractivity (Wildman–Crippen MR) is 109 cm³/mol. The van der Waals surface area contributed by atoms with E-state index in [1.54, 1.807) is 23.1 Å². The Kier molecular flexibility index (Phi) is 5.18. The number of ether oxygens (including phenoxy) is 1. The van der Waals surface area contributed by atoms with E-state index < -0.39 is 0 Å². The molecular weight excluding hydrogens is 364 g/mol. The molecular formula is C24H22N2O3. The number of para-hydroxylation sites is 2. The van der Waals surface area contributed by atoms with Crippen molar-refractivity contribution in [1.29, 1.82) is 5.26 Å². The summed E-state index contributed by atoms with van der Waals surface area (Å²) in [5.41, 5.74) is 3.28. The third-order valence-corrected chi connectivity index (χ3v) is 5.53. The Morgan fingerprint density at radius 1 is 1.10 bits per heavy atom. The lowest BCUT2D eigenvalue weighted by Crippen LogP contribution is -2.41. The molecule has 146 valence electrons. The molecule has 1 aliphatic carbocycles. The van der Waals surface area contributed by atoms with Crippen molar-refractivity contribution in [2.45, 2.75) is 38.5 Å². The normalized spacial score (nSPS) is 19.0. The second-order valence-corrected chi connectivity index (χ2v) is 7.22. The molecule has 1 atom stereocenters.